The van der Waals surface area contributed by atoms with Crippen molar-refractivity contribution in [3.8, 4) is 11.5 Å². The van der Waals surface area contributed by atoms with Crippen LogP contribution in [0.5, 0.6) is 0 Å². The van der Waals surface area contributed by atoms with Crippen molar-refractivity contribution in [2.75, 3.05) is 0 Å². The molecule has 102 valence electrons. The zero-order valence-electron chi connectivity index (χ0n) is 11.8. The summed E-state index contributed by atoms with van der Waals surface area (Å²) in [5, 5.41) is 0. The monoisotopic (exact) mass is 329 g/mol. The molecule has 2 nitrogen and oxygen atoms in total. The van der Waals surface area contributed by atoms with E-state index in [9.17, 15) is 0 Å². The van der Waals surface area contributed by atoms with Gasteiger partial charge >= 0.3 is 0 Å². The summed E-state index contributed by atoms with van der Waals surface area (Å²) < 4.78 is 6.85. The van der Waals surface area contributed by atoms with Crippen molar-refractivity contribution in [1.82, 2.24) is 4.98 Å². The van der Waals surface area contributed by atoms with E-state index in [1.807, 2.05) is 24.3 Å². The van der Waals surface area contributed by atoms with Gasteiger partial charge in [0.15, 0.2) is 5.58 Å². The predicted octanol–water partition coefficient (Wildman–Crippen LogP) is 5.55. The lowest BCUT2D eigenvalue weighted by atomic mass is 9.86. The lowest BCUT2D eigenvalue weighted by molar-refractivity contribution is 0.588. The molecule has 0 atom stereocenters. The van der Waals surface area contributed by atoms with E-state index in [1.165, 1.54) is 5.56 Å². The van der Waals surface area contributed by atoms with E-state index in [1.54, 1.807) is 0 Å². The van der Waals surface area contributed by atoms with Gasteiger partial charge in [0.1, 0.15) is 5.52 Å². The summed E-state index contributed by atoms with van der Waals surface area (Å²) in [6.45, 7) is 6.61. The second-order valence-electron chi connectivity index (χ2n) is 5.96. The second kappa shape index (κ2) is 4.74. The van der Waals surface area contributed by atoms with E-state index < -0.39 is 0 Å². The van der Waals surface area contributed by atoms with Gasteiger partial charge in [-0.3, -0.25) is 0 Å². The molecule has 0 fully saturated rings. The van der Waals surface area contributed by atoms with Crippen molar-refractivity contribution in [2.45, 2.75) is 26.2 Å². The largest absolute Gasteiger partial charge is 0.436 e. The first-order valence-corrected chi connectivity index (χ1v) is 7.40. The maximum Gasteiger partial charge on any atom is 0.227 e. The van der Waals surface area contributed by atoms with Crippen LogP contribution in [-0.4, -0.2) is 4.98 Å². The Morgan fingerprint density at radius 2 is 1.85 bits per heavy atom. The molecule has 1 aromatic heterocycles. The van der Waals surface area contributed by atoms with E-state index in [0.717, 1.165) is 21.1 Å². The fraction of sp³-hybridized carbons (Fsp3) is 0.235. The molecular formula is C17H16BrNO. The summed E-state index contributed by atoms with van der Waals surface area (Å²) >= 11 is 3.45. The number of nitrogens with zero attached hydrogens (tertiary/aromatic N) is 1. The molecule has 0 amide bonds. The number of fused-ring (bicyclic) bond motifs is 1. The van der Waals surface area contributed by atoms with Crippen molar-refractivity contribution in [3.63, 3.8) is 0 Å². The molecule has 0 unspecified atom stereocenters. The van der Waals surface area contributed by atoms with Crippen LogP contribution < -0.4 is 0 Å². The van der Waals surface area contributed by atoms with Crippen molar-refractivity contribution in [3.05, 3.63) is 52.5 Å². The molecule has 0 aliphatic heterocycles. The van der Waals surface area contributed by atoms with Gasteiger partial charge in [0.2, 0.25) is 5.89 Å². The molecule has 0 aliphatic rings. The maximum atomic E-state index is 5.84. The molecule has 20 heavy (non-hydrogen) atoms. The second-order valence-corrected chi connectivity index (χ2v) is 6.88. The third-order valence-corrected chi connectivity index (χ3v) is 3.82. The van der Waals surface area contributed by atoms with Crippen molar-refractivity contribution in [2.24, 2.45) is 0 Å². The Morgan fingerprint density at radius 1 is 1.05 bits per heavy atom. The molecule has 3 rings (SSSR count). The Labute approximate surface area is 127 Å². The fourth-order valence-electron chi connectivity index (χ4n) is 2.14. The Morgan fingerprint density at radius 3 is 2.60 bits per heavy atom. The number of benzene rings is 2. The van der Waals surface area contributed by atoms with E-state index in [-0.39, 0.29) is 5.41 Å². The average Bonchev–Trinajstić information content (AvgIpc) is 2.81. The smallest absolute Gasteiger partial charge is 0.227 e. The van der Waals surface area contributed by atoms with E-state index in [2.05, 4.69) is 59.9 Å². The molecule has 3 heteroatoms. The van der Waals surface area contributed by atoms with Gasteiger partial charge in [-0.1, -0.05) is 48.8 Å². The van der Waals surface area contributed by atoms with Gasteiger partial charge in [-0.25, -0.2) is 4.98 Å². The van der Waals surface area contributed by atoms with E-state index >= 15 is 0 Å². The van der Waals surface area contributed by atoms with Crippen molar-refractivity contribution >= 4 is 27.0 Å². The first-order valence-electron chi connectivity index (χ1n) is 6.60. The lowest BCUT2D eigenvalue weighted by Crippen LogP contribution is -2.10. The number of rotatable bonds is 1. The fourth-order valence-corrected chi connectivity index (χ4v) is 2.49. The minimum absolute atomic E-state index is 0.116. The van der Waals surface area contributed by atoms with Gasteiger partial charge in [-0.2, -0.15) is 0 Å². The molecule has 0 saturated heterocycles. The highest BCUT2D eigenvalue weighted by Gasteiger charge is 2.15. The molecule has 3 aromatic rings. The van der Waals surface area contributed by atoms with Crippen LogP contribution in [0.4, 0.5) is 0 Å². The summed E-state index contributed by atoms with van der Waals surface area (Å²) in [6.07, 6.45) is 0. The van der Waals surface area contributed by atoms with Crippen molar-refractivity contribution in [1.29, 1.82) is 0 Å². The third-order valence-electron chi connectivity index (χ3n) is 3.33. The zero-order chi connectivity index (χ0) is 14.3. The summed E-state index contributed by atoms with van der Waals surface area (Å²) in [6, 6.07) is 14.3. The Balaban J connectivity index is 2.11. The third kappa shape index (κ3) is 2.50. The van der Waals surface area contributed by atoms with Crippen molar-refractivity contribution < 1.29 is 4.42 Å². The minimum atomic E-state index is 0.116. The predicted molar refractivity (Wildman–Crippen MR) is 85.8 cm³/mol. The van der Waals surface area contributed by atoms with Gasteiger partial charge in [-0.05, 0) is 41.3 Å². The topological polar surface area (TPSA) is 26.0 Å². The molecule has 0 bridgehead atoms. The van der Waals surface area contributed by atoms with Gasteiger partial charge in [0.25, 0.3) is 0 Å². The Bertz CT molecular complexity index is 768. The number of hydrogen-bond acceptors (Lipinski definition) is 2. The summed E-state index contributed by atoms with van der Waals surface area (Å²) in [5.41, 5.74) is 4.09. The van der Waals surface area contributed by atoms with Crippen LogP contribution in [0.3, 0.4) is 0 Å². The average molecular weight is 330 g/mol. The van der Waals surface area contributed by atoms with Crippen LogP contribution in [0.1, 0.15) is 26.3 Å². The quantitative estimate of drug-likeness (QED) is 0.584. The zero-order valence-corrected chi connectivity index (χ0v) is 13.4. The van der Waals surface area contributed by atoms with Crippen LogP contribution in [0.15, 0.2) is 51.4 Å². The Kier molecular flexibility index (Phi) is 3.17. The normalized spacial score (nSPS) is 12.0. The highest BCUT2D eigenvalue weighted by atomic mass is 79.9. The SMILES string of the molecule is CC(C)(C)c1cccc(-c2nc3cc(Br)ccc3o2)c1. The lowest BCUT2D eigenvalue weighted by Gasteiger charge is -2.19. The van der Waals surface area contributed by atoms with Crippen LogP contribution in [-0.2, 0) is 5.41 Å². The molecule has 0 saturated carbocycles. The minimum Gasteiger partial charge on any atom is -0.436 e. The highest BCUT2D eigenvalue weighted by Crippen LogP contribution is 2.29. The van der Waals surface area contributed by atoms with Gasteiger partial charge in [0, 0.05) is 10.0 Å². The number of aromatic nitrogens is 1. The summed E-state index contributed by atoms with van der Waals surface area (Å²) in [7, 11) is 0. The van der Waals surface area contributed by atoms with Crippen LogP contribution in [0.25, 0.3) is 22.6 Å². The van der Waals surface area contributed by atoms with Crippen LogP contribution >= 0.6 is 15.9 Å². The molecule has 2 aromatic carbocycles. The molecule has 0 aliphatic carbocycles. The first kappa shape index (κ1) is 13.4. The maximum absolute atomic E-state index is 5.84. The number of hydrogen-bond donors (Lipinski definition) is 0. The Hall–Kier alpha value is -1.61. The highest BCUT2D eigenvalue weighted by molar-refractivity contribution is 9.10. The molecule has 0 radical (unpaired) electrons. The number of halogens is 1. The van der Waals surface area contributed by atoms with Crippen LogP contribution in [0.2, 0.25) is 0 Å². The van der Waals surface area contributed by atoms with E-state index in [0.29, 0.717) is 5.89 Å². The number of oxazole rings is 1. The summed E-state index contributed by atoms with van der Waals surface area (Å²) in [4.78, 5) is 4.57. The summed E-state index contributed by atoms with van der Waals surface area (Å²) in [5.74, 6) is 0.671. The molecule has 0 spiro atoms. The van der Waals surface area contributed by atoms with Gasteiger partial charge < -0.3 is 4.42 Å². The van der Waals surface area contributed by atoms with E-state index in [4.69, 9.17) is 4.42 Å². The first-order chi connectivity index (χ1) is 9.43. The standard InChI is InChI=1S/C17H16BrNO/c1-17(2,3)12-6-4-5-11(9-12)16-19-14-10-13(18)7-8-15(14)20-16/h4-10H,1-3H3. The molecule has 0 N–H and O–H groups in total. The van der Waals surface area contributed by atoms with Crippen LogP contribution in [0, 0.1) is 0 Å². The molecule has 1 heterocycles. The van der Waals surface area contributed by atoms with Gasteiger partial charge in [-0.15, -0.1) is 0 Å². The molecular weight excluding hydrogens is 314 g/mol. The van der Waals surface area contributed by atoms with Gasteiger partial charge in [0.05, 0.1) is 0 Å².